The van der Waals surface area contributed by atoms with Gasteiger partial charge in [-0.15, -0.1) is 0 Å². The minimum Gasteiger partial charge on any atom is -0.0714 e. The summed E-state index contributed by atoms with van der Waals surface area (Å²) < 4.78 is 0. The van der Waals surface area contributed by atoms with Crippen LogP contribution in [0.15, 0.2) is 24.3 Å². The molecule has 3 rings (SSSR count). The molecule has 0 saturated carbocycles. The molecule has 158 valence electrons. The molecule has 1 aromatic rings. The van der Waals surface area contributed by atoms with Crippen LogP contribution in [0, 0.1) is 11.8 Å². The van der Waals surface area contributed by atoms with Crippen LogP contribution in [0.25, 0.3) is 0 Å². The first-order valence-corrected chi connectivity index (χ1v) is 15.5. The van der Waals surface area contributed by atoms with Crippen molar-refractivity contribution >= 4 is 26.5 Å². The molecule has 0 aliphatic carbocycles. The highest BCUT2D eigenvalue weighted by Gasteiger charge is 2.32. The van der Waals surface area contributed by atoms with Gasteiger partial charge in [0.1, 0.15) is 0 Å². The van der Waals surface area contributed by atoms with Crippen LogP contribution < -0.4 is 10.6 Å². The second kappa shape index (κ2) is 11.5. The first-order valence-electron chi connectivity index (χ1n) is 12.3. The van der Waals surface area contributed by atoms with Gasteiger partial charge in [0.2, 0.25) is 0 Å². The fourth-order valence-electron chi connectivity index (χ4n) is 5.71. The Hall–Kier alpha value is 0.0800. The number of hydrogen-bond donors (Lipinski definition) is 0. The van der Waals surface area contributed by atoms with E-state index in [-0.39, 0.29) is 15.8 Å². The van der Waals surface area contributed by atoms with Gasteiger partial charge in [0.25, 0.3) is 0 Å². The average Bonchev–Trinajstić information content (AvgIpc) is 3.09. The van der Waals surface area contributed by atoms with E-state index in [9.17, 15) is 0 Å². The molecular weight excluding hydrogens is 374 g/mol. The molecule has 2 fully saturated rings. The molecule has 0 bridgehead atoms. The molecule has 2 aliphatic rings. The Morgan fingerprint density at radius 3 is 1.39 bits per heavy atom. The van der Waals surface area contributed by atoms with Crippen LogP contribution in [-0.4, -0.2) is 23.6 Å². The van der Waals surface area contributed by atoms with E-state index in [2.05, 4.69) is 52.0 Å². The molecule has 1 aromatic carbocycles. The lowest BCUT2D eigenvalue weighted by atomic mass is 9.96. The molecule has 0 amide bonds. The van der Waals surface area contributed by atoms with Gasteiger partial charge in [-0.05, 0) is 97.5 Å². The summed E-state index contributed by atoms with van der Waals surface area (Å²) >= 11 is 0. The van der Waals surface area contributed by atoms with Crippen molar-refractivity contribution in [1.82, 2.24) is 0 Å². The average molecular weight is 419 g/mol. The first kappa shape index (κ1) is 22.8. The second-order valence-electron chi connectivity index (χ2n) is 9.28. The molecular formula is C26H44P2. The van der Waals surface area contributed by atoms with Gasteiger partial charge in [0, 0.05) is 0 Å². The predicted molar refractivity (Wildman–Crippen MR) is 133 cm³/mol. The van der Waals surface area contributed by atoms with E-state index in [4.69, 9.17) is 0 Å². The second-order valence-corrected chi connectivity index (χ2v) is 14.5. The first-order chi connectivity index (χ1) is 13.7. The molecule has 2 heterocycles. The van der Waals surface area contributed by atoms with E-state index >= 15 is 0 Å². The molecule has 0 aromatic heterocycles. The van der Waals surface area contributed by atoms with E-state index < -0.39 is 0 Å². The van der Waals surface area contributed by atoms with Crippen LogP contribution in [-0.2, 0) is 0 Å². The third kappa shape index (κ3) is 5.41. The zero-order valence-electron chi connectivity index (χ0n) is 19.0. The van der Waals surface area contributed by atoms with Gasteiger partial charge >= 0.3 is 0 Å². The lowest BCUT2D eigenvalue weighted by Crippen LogP contribution is -2.29. The molecule has 28 heavy (non-hydrogen) atoms. The predicted octanol–water partition coefficient (Wildman–Crippen LogP) is 7.88. The van der Waals surface area contributed by atoms with Crippen molar-refractivity contribution in [3.8, 4) is 0 Å². The minimum atomic E-state index is 0.0338. The van der Waals surface area contributed by atoms with E-state index in [1.807, 2.05) is 10.6 Å². The van der Waals surface area contributed by atoms with Crippen LogP contribution in [0.4, 0.5) is 0 Å². The summed E-state index contributed by atoms with van der Waals surface area (Å²) in [4.78, 5) is 0. The monoisotopic (exact) mass is 418 g/mol. The van der Waals surface area contributed by atoms with Gasteiger partial charge in [-0.3, -0.25) is 0 Å². The topological polar surface area (TPSA) is 0 Å². The Labute approximate surface area is 178 Å². The Kier molecular flexibility index (Phi) is 9.32. The van der Waals surface area contributed by atoms with E-state index in [0.717, 1.165) is 23.2 Å². The van der Waals surface area contributed by atoms with E-state index in [1.54, 1.807) is 0 Å². The van der Waals surface area contributed by atoms with E-state index in [1.165, 1.54) is 76.5 Å². The van der Waals surface area contributed by atoms with Gasteiger partial charge in [0.05, 0.1) is 0 Å². The van der Waals surface area contributed by atoms with Crippen LogP contribution in [0.2, 0.25) is 0 Å². The van der Waals surface area contributed by atoms with E-state index in [0.29, 0.717) is 0 Å². The summed E-state index contributed by atoms with van der Waals surface area (Å²) in [5.74, 6) is 1.98. The molecule has 0 nitrogen and oxygen atoms in total. The smallest absolute Gasteiger partial charge is 0.0161 e. The summed E-state index contributed by atoms with van der Waals surface area (Å²) in [6.07, 6.45) is 17.5. The summed E-state index contributed by atoms with van der Waals surface area (Å²) in [5.41, 5.74) is 1.94. The van der Waals surface area contributed by atoms with Crippen molar-refractivity contribution in [2.75, 3.05) is 12.3 Å². The number of rotatable bonds is 6. The minimum absolute atomic E-state index is 0.0338. The maximum Gasteiger partial charge on any atom is -0.0161 e. The van der Waals surface area contributed by atoms with Crippen LogP contribution >= 0.6 is 15.8 Å². The molecule has 2 aliphatic heterocycles. The maximum absolute atomic E-state index is 2.58. The Morgan fingerprint density at radius 1 is 0.607 bits per heavy atom. The summed E-state index contributed by atoms with van der Waals surface area (Å²) in [5, 5.41) is 3.70. The van der Waals surface area contributed by atoms with Crippen LogP contribution in [0.3, 0.4) is 0 Å². The third-order valence-electron chi connectivity index (χ3n) is 7.85. The van der Waals surface area contributed by atoms with Crippen molar-refractivity contribution in [3.63, 3.8) is 0 Å². The van der Waals surface area contributed by atoms with Gasteiger partial charge in [-0.2, -0.15) is 0 Å². The van der Waals surface area contributed by atoms with Gasteiger partial charge < -0.3 is 0 Å². The maximum atomic E-state index is 2.58. The van der Waals surface area contributed by atoms with Crippen molar-refractivity contribution in [2.24, 2.45) is 11.8 Å². The quantitative estimate of drug-likeness (QED) is 0.412. The summed E-state index contributed by atoms with van der Waals surface area (Å²) in [7, 11) is 0.0677. The number of hydrogen-bond acceptors (Lipinski definition) is 0. The normalized spacial score (nSPS) is 34.6. The summed E-state index contributed by atoms with van der Waals surface area (Å²) in [6.45, 7) is 9.76. The zero-order valence-corrected chi connectivity index (χ0v) is 20.8. The fraction of sp³-hybridized carbons (Fsp3) is 0.769. The Balaban J connectivity index is 1.90. The van der Waals surface area contributed by atoms with Crippen molar-refractivity contribution in [3.05, 3.63) is 24.3 Å². The fourth-order valence-corrected chi connectivity index (χ4v) is 12.9. The molecule has 2 saturated heterocycles. The third-order valence-corrected chi connectivity index (χ3v) is 14.5. The molecule has 0 spiro atoms. The highest BCUT2D eigenvalue weighted by atomic mass is 31.1. The Morgan fingerprint density at radius 2 is 1.04 bits per heavy atom. The molecule has 0 N–H and O–H groups in total. The standard InChI is InChI=1S/C26H44P2/c1-5-21-13-15-23(7-3)27(19-17-21)25-11-9-10-12-26(25)28-20-18-22(6-2)14-16-24(28)8-4/h9-12,21-24H,5-8,13-20H2,1-4H3/t21-,22-,23-,24-,27?,28?/m0/s1. The molecule has 2 unspecified atom stereocenters. The lowest BCUT2D eigenvalue weighted by Gasteiger charge is -2.32. The SMILES string of the molecule is CC[C@H]1CC[C@H](CC)P(c2ccccc2P2CC[C@@H](CC)CC[C@@H]2CC)CC1. The van der Waals surface area contributed by atoms with Gasteiger partial charge in [-0.25, -0.2) is 0 Å². The van der Waals surface area contributed by atoms with Crippen molar-refractivity contribution in [1.29, 1.82) is 0 Å². The lowest BCUT2D eigenvalue weighted by molar-refractivity contribution is 0.448. The molecule has 0 radical (unpaired) electrons. The molecule has 2 heteroatoms. The number of benzene rings is 1. The van der Waals surface area contributed by atoms with Gasteiger partial charge in [0.15, 0.2) is 0 Å². The van der Waals surface area contributed by atoms with Crippen molar-refractivity contribution < 1.29 is 0 Å². The Bertz CT molecular complexity index is 533. The highest BCUT2D eigenvalue weighted by Crippen LogP contribution is 2.53. The van der Waals surface area contributed by atoms with Crippen LogP contribution in [0.5, 0.6) is 0 Å². The summed E-state index contributed by atoms with van der Waals surface area (Å²) in [6, 6.07) is 9.87. The highest BCUT2D eigenvalue weighted by molar-refractivity contribution is 7.72. The van der Waals surface area contributed by atoms with Crippen LogP contribution in [0.1, 0.15) is 91.9 Å². The largest absolute Gasteiger partial charge is 0.0714 e. The zero-order chi connectivity index (χ0) is 19.9. The van der Waals surface area contributed by atoms with Gasteiger partial charge in [-0.1, -0.05) is 80.6 Å². The van der Waals surface area contributed by atoms with Crippen molar-refractivity contribution in [2.45, 2.75) is 103 Å². The molecule has 6 atom stereocenters.